The van der Waals surface area contributed by atoms with E-state index in [1.165, 1.54) is 5.56 Å². The summed E-state index contributed by atoms with van der Waals surface area (Å²) in [5.41, 5.74) is 17.4. The van der Waals surface area contributed by atoms with Gasteiger partial charge in [0, 0.05) is 22.3 Å². The summed E-state index contributed by atoms with van der Waals surface area (Å²) in [6.07, 6.45) is 0. The Kier molecular flexibility index (Phi) is 8.99. The molecule has 0 amide bonds. The molecule has 0 aliphatic heterocycles. The topological polar surface area (TPSA) is 25.8 Å². The van der Waals surface area contributed by atoms with Crippen LogP contribution in [0.15, 0.2) is 218 Å². The van der Waals surface area contributed by atoms with E-state index in [1.54, 1.807) is 0 Å². The van der Waals surface area contributed by atoms with Gasteiger partial charge in [-0.2, -0.15) is 0 Å². The summed E-state index contributed by atoms with van der Waals surface area (Å²) in [4.78, 5) is 10.3. The zero-order valence-electron chi connectivity index (χ0n) is 29.7. The van der Waals surface area contributed by atoms with Crippen LogP contribution in [0, 0.1) is 0 Å². The van der Waals surface area contributed by atoms with Crippen molar-refractivity contribution in [3.05, 3.63) is 218 Å². The van der Waals surface area contributed by atoms with Gasteiger partial charge in [0.2, 0.25) is 0 Å². The molecule has 0 fully saturated rings. The van der Waals surface area contributed by atoms with Crippen molar-refractivity contribution in [3.63, 3.8) is 0 Å². The van der Waals surface area contributed by atoms with Crippen molar-refractivity contribution in [1.29, 1.82) is 0 Å². The molecular weight excluding hydrogens is 653 g/mol. The maximum atomic E-state index is 5.18. The van der Waals surface area contributed by atoms with Gasteiger partial charge >= 0.3 is 0 Å². The highest BCUT2D eigenvalue weighted by Crippen LogP contribution is 2.35. The van der Waals surface area contributed by atoms with Gasteiger partial charge in [0.05, 0.1) is 22.8 Å². The van der Waals surface area contributed by atoms with Gasteiger partial charge in [-0.05, 0) is 87.0 Å². The van der Waals surface area contributed by atoms with Crippen LogP contribution in [-0.2, 0) is 0 Å². The number of benzene rings is 7. The fraction of sp³-hybridized carbons (Fsp3) is 0. The van der Waals surface area contributed by atoms with Crippen LogP contribution in [0.2, 0.25) is 0 Å². The van der Waals surface area contributed by atoms with Gasteiger partial charge in [-0.25, -0.2) is 9.97 Å². The molecule has 0 N–H and O–H groups in total. The molecule has 54 heavy (non-hydrogen) atoms. The van der Waals surface area contributed by atoms with Crippen LogP contribution < -0.4 is 0 Å². The standard InChI is InChI=1S/C52H36N2/c1-5-16-37(17-6-1)47-33-49(38-18-7-2-8-19-38)54-52(34-47)46-29-15-27-44(32-46)42-25-13-24-41(30-42)43-26-14-28-45(31-43)48-35-50(39-20-9-3-10-21-39)53-51(36-48)40-22-11-4-12-23-40/h1-36H. The molecule has 2 aromatic heterocycles. The third-order valence-corrected chi connectivity index (χ3v) is 9.85. The van der Waals surface area contributed by atoms with E-state index in [0.29, 0.717) is 0 Å². The lowest BCUT2D eigenvalue weighted by molar-refractivity contribution is 1.32. The summed E-state index contributed by atoms with van der Waals surface area (Å²) in [6, 6.07) is 77.0. The van der Waals surface area contributed by atoms with E-state index in [9.17, 15) is 0 Å². The van der Waals surface area contributed by atoms with Crippen molar-refractivity contribution in [3.8, 4) is 89.5 Å². The Balaban J connectivity index is 1.08. The van der Waals surface area contributed by atoms with E-state index in [2.05, 4.69) is 200 Å². The lowest BCUT2D eigenvalue weighted by atomic mass is 9.94. The predicted octanol–water partition coefficient (Wildman–Crippen LogP) is 13.8. The van der Waals surface area contributed by atoms with Gasteiger partial charge in [0.15, 0.2) is 0 Å². The second-order valence-electron chi connectivity index (χ2n) is 13.5. The first-order valence-electron chi connectivity index (χ1n) is 18.3. The largest absolute Gasteiger partial charge is 0.248 e. The third-order valence-electron chi connectivity index (χ3n) is 9.85. The second-order valence-corrected chi connectivity index (χ2v) is 13.5. The van der Waals surface area contributed by atoms with Crippen molar-refractivity contribution in [1.82, 2.24) is 9.97 Å². The molecule has 0 aliphatic carbocycles. The molecule has 0 spiro atoms. The van der Waals surface area contributed by atoms with E-state index in [4.69, 9.17) is 9.97 Å². The summed E-state index contributed by atoms with van der Waals surface area (Å²) in [6.45, 7) is 0. The molecule has 7 aromatic carbocycles. The molecule has 2 heteroatoms. The molecule has 9 aromatic rings. The van der Waals surface area contributed by atoms with Gasteiger partial charge in [-0.1, -0.05) is 176 Å². The summed E-state index contributed by atoms with van der Waals surface area (Å²) < 4.78 is 0. The van der Waals surface area contributed by atoms with Crippen LogP contribution in [0.5, 0.6) is 0 Å². The summed E-state index contributed by atoms with van der Waals surface area (Å²) in [5, 5.41) is 0. The van der Waals surface area contributed by atoms with E-state index < -0.39 is 0 Å². The van der Waals surface area contributed by atoms with E-state index in [1.807, 2.05) is 18.2 Å². The molecule has 254 valence electrons. The summed E-state index contributed by atoms with van der Waals surface area (Å²) in [5.74, 6) is 0. The van der Waals surface area contributed by atoms with Gasteiger partial charge in [-0.3, -0.25) is 0 Å². The monoisotopic (exact) mass is 688 g/mol. The Morgan fingerprint density at radius 1 is 0.167 bits per heavy atom. The second kappa shape index (κ2) is 14.8. The number of hydrogen-bond donors (Lipinski definition) is 0. The highest BCUT2D eigenvalue weighted by molar-refractivity contribution is 5.82. The van der Waals surface area contributed by atoms with Crippen LogP contribution in [-0.4, -0.2) is 9.97 Å². The third kappa shape index (κ3) is 7.01. The molecule has 2 heterocycles. The zero-order chi connectivity index (χ0) is 36.1. The summed E-state index contributed by atoms with van der Waals surface area (Å²) in [7, 11) is 0. The van der Waals surface area contributed by atoms with Crippen LogP contribution in [0.3, 0.4) is 0 Å². The van der Waals surface area contributed by atoms with Crippen LogP contribution in [0.25, 0.3) is 89.5 Å². The highest BCUT2D eigenvalue weighted by atomic mass is 14.7. The molecule has 2 nitrogen and oxygen atoms in total. The Labute approximate surface area is 316 Å². The van der Waals surface area contributed by atoms with Gasteiger partial charge in [-0.15, -0.1) is 0 Å². The molecule has 0 radical (unpaired) electrons. The molecule has 0 bridgehead atoms. The predicted molar refractivity (Wildman–Crippen MR) is 226 cm³/mol. The number of nitrogens with zero attached hydrogens (tertiary/aromatic N) is 2. The first kappa shape index (κ1) is 32.7. The summed E-state index contributed by atoms with van der Waals surface area (Å²) >= 11 is 0. The molecule has 9 rings (SSSR count). The number of aromatic nitrogens is 2. The van der Waals surface area contributed by atoms with E-state index in [-0.39, 0.29) is 0 Å². The molecule has 0 unspecified atom stereocenters. The van der Waals surface area contributed by atoms with Gasteiger partial charge in [0.25, 0.3) is 0 Å². The zero-order valence-corrected chi connectivity index (χ0v) is 29.7. The average Bonchev–Trinajstić information content (AvgIpc) is 3.27. The Hall–Kier alpha value is -7.16. The minimum atomic E-state index is 0.947. The van der Waals surface area contributed by atoms with E-state index >= 15 is 0 Å². The van der Waals surface area contributed by atoms with E-state index in [0.717, 1.165) is 84.0 Å². The van der Waals surface area contributed by atoms with Crippen molar-refractivity contribution in [2.45, 2.75) is 0 Å². The smallest absolute Gasteiger partial charge is 0.0715 e. The Morgan fingerprint density at radius 2 is 0.407 bits per heavy atom. The van der Waals surface area contributed by atoms with Crippen LogP contribution >= 0.6 is 0 Å². The maximum absolute atomic E-state index is 5.18. The molecule has 0 aliphatic rings. The normalized spacial score (nSPS) is 11.0. The molecule has 0 atom stereocenters. The minimum absolute atomic E-state index is 0.947. The molecule has 0 saturated heterocycles. The first-order valence-corrected chi connectivity index (χ1v) is 18.3. The molecular formula is C52H36N2. The molecule has 0 saturated carbocycles. The van der Waals surface area contributed by atoms with Crippen molar-refractivity contribution < 1.29 is 0 Å². The van der Waals surface area contributed by atoms with Crippen LogP contribution in [0.1, 0.15) is 0 Å². The Morgan fingerprint density at radius 3 is 0.778 bits per heavy atom. The van der Waals surface area contributed by atoms with Crippen molar-refractivity contribution in [2.75, 3.05) is 0 Å². The maximum Gasteiger partial charge on any atom is 0.0715 e. The fourth-order valence-electron chi connectivity index (χ4n) is 7.06. The fourth-order valence-corrected chi connectivity index (χ4v) is 7.06. The average molecular weight is 689 g/mol. The van der Waals surface area contributed by atoms with Crippen LogP contribution in [0.4, 0.5) is 0 Å². The lowest BCUT2D eigenvalue weighted by Gasteiger charge is -2.13. The number of hydrogen-bond acceptors (Lipinski definition) is 2. The minimum Gasteiger partial charge on any atom is -0.248 e. The number of rotatable bonds is 8. The van der Waals surface area contributed by atoms with Gasteiger partial charge in [0.1, 0.15) is 0 Å². The highest BCUT2D eigenvalue weighted by Gasteiger charge is 2.12. The van der Waals surface area contributed by atoms with Crippen molar-refractivity contribution in [2.24, 2.45) is 0 Å². The number of pyridine rings is 2. The Bertz CT molecular complexity index is 2390. The SMILES string of the molecule is c1ccc(-c2cc(-c3ccccc3)nc(-c3cccc(-c4cccc(-c5cccc(-c6cc(-c7ccccc7)nc(-c7ccccc7)c6)c5)c4)c3)c2)cc1. The van der Waals surface area contributed by atoms with Gasteiger partial charge < -0.3 is 0 Å². The van der Waals surface area contributed by atoms with Crippen molar-refractivity contribution >= 4 is 0 Å². The quantitative estimate of drug-likeness (QED) is 0.159. The first-order chi connectivity index (χ1) is 26.7. The lowest BCUT2D eigenvalue weighted by Crippen LogP contribution is -1.92.